The number of hydrogen-bond donors (Lipinski definition) is 0. The minimum Gasteiger partial charge on any atom is -0.315 e. The van der Waals surface area contributed by atoms with E-state index in [1.165, 1.54) is 0 Å². The van der Waals surface area contributed by atoms with E-state index in [0.717, 1.165) is 16.5 Å². The van der Waals surface area contributed by atoms with Gasteiger partial charge in [-0.1, -0.05) is 0 Å². The summed E-state index contributed by atoms with van der Waals surface area (Å²) in [5.41, 5.74) is 0.900. The summed E-state index contributed by atoms with van der Waals surface area (Å²) in [4.78, 5) is 4.31. The van der Waals surface area contributed by atoms with Crippen LogP contribution in [0.4, 0.5) is 0 Å². The lowest BCUT2D eigenvalue weighted by Gasteiger charge is -1.92. The monoisotopic (exact) mass is 180 g/mol. The van der Waals surface area contributed by atoms with E-state index in [9.17, 15) is 0 Å². The Kier molecular flexibility index (Phi) is 1.65. The smallest absolute Gasteiger partial charge is 0.183 e. The highest BCUT2D eigenvalue weighted by molar-refractivity contribution is 7.09. The zero-order valence-corrected chi connectivity index (χ0v) is 7.67. The summed E-state index contributed by atoms with van der Waals surface area (Å²) in [5.74, 6) is 0.819. The van der Waals surface area contributed by atoms with Crippen LogP contribution in [0, 0.1) is 6.92 Å². The van der Waals surface area contributed by atoms with Gasteiger partial charge in [0.25, 0.3) is 0 Å². The van der Waals surface area contributed by atoms with E-state index in [-0.39, 0.29) is 0 Å². The number of hydrogen-bond acceptors (Lipinski definition) is 4. The van der Waals surface area contributed by atoms with Crippen molar-refractivity contribution >= 4 is 11.3 Å². The standard InChI is InChI=1S/C7H8N4S/c1-5-9-6(3-12-5)7-10-8-4-11(7)2/h3-4H,1-2H3. The third-order valence-corrected chi connectivity index (χ3v) is 2.33. The summed E-state index contributed by atoms with van der Waals surface area (Å²) >= 11 is 1.62. The second kappa shape index (κ2) is 2.67. The molecule has 0 atom stereocenters. The van der Waals surface area contributed by atoms with Gasteiger partial charge in [-0.05, 0) is 6.92 Å². The first kappa shape index (κ1) is 7.42. The van der Waals surface area contributed by atoms with Gasteiger partial charge in [-0.2, -0.15) is 0 Å². The first-order chi connectivity index (χ1) is 5.77. The molecule has 0 aliphatic heterocycles. The van der Waals surface area contributed by atoms with Crippen molar-refractivity contribution in [1.29, 1.82) is 0 Å². The number of thiazole rings is 1. The second-order valence-electron chi connectivity index (χ2n) is 2.52. The molecule has 0 aromatic carbocycles. The molecular formula is C7H8N4S. The molecule has 5 heteroatoms. The Morgan fingerprint density at radius 2 is 2.33 bits per heavy atom. The van der Waals surface area contributed by atoms with Crippen molar-refractivity contribution in [2.75, 3.05) is 0 Å². The average molecular weight is 180 g/mol. The van der Waals surface area contributed by atoms with Crippen LogP contribution in [0.5, 0.6) is 0 Å². The van der Waals surface area contributed by atoms with E-state index in [1.807, 2.05) is 23.9 Å². The lowest BCUT2D eigenvalue weighted by molar-refractivity contribution is 0.914. The molecular weight excluding hydrogens is 172 g/mol. The molecule has 2 heterocycles. The van der Waals surface area contributed by atoms with E-state index in [1.54, 1.807) is 17.7 Å². The van der Waals surface area contributed by atoms with Crippen molar-refractivity contribution in [2.45, 2.75) is 6.92 Å². The maximum Gasteiger partial charge on any atom is 0.183 e. The fraction of sp³-hybridized carbons (Fsp3) is 0.286. The molecule has 2 rings (SSSR count). The predicted molar refractivity (Wildman–Crippen MR) is 46.8 cm³/mol. The fourth-order valence-corrected chi connectivity index (χ4v) is 1.57. The first-order valence-electron chi connectivity index (χ1n) is 3.54. The largest absolute Gasteiger partial charge is 0.315 e. The molecule has 2 aromatic rings. The zero-order valence-electron chi connectivity index (χ0n) is 6.85. The van der Waals surface area contributed by atoms with Crippen LogP contribution in [0.25, 0.3) is 11.5 Å². The molecule has 0 aliphatic carbocycles. The summed E-state index contributed by atoms with van der Waals surface area (Å²) in [5, 5.41) is 10.8. The minimum atomic E-state index is 0.819. The molecule has 0 fully saturated rings. The Morgan fingerprint density at radius 1 is 1.50 bits per heavy atom. The quantitative estimate of drug-likeness (QED) is 0.663. The van der Waals surface area contributed by atoms with Gasteiger partial charge in [0.15, 0.2) is 5.82 Å². The molecule has 62 valence electrons. The lowest BCUT2D eigenvalue weighted by atomic mass is 10.4. The molecule has 0 aliphatic rings. The van der Waals surface area contributed by atoms with Crippen molar-refractivity contribution < 1.29 is 0 Å². The molecule has 4 nitrogen and oxygen atoms in total. The maximum atomic E-state index is 4.31. The minimum absolute atomic E-state index is 0.819. The van der Waals surface area contributed by atoms with Crippen LogP contribution in [0.3, 0.4) is 0 Å². The topological polar surface area (TPSA) is 43.6 Å². The zero-order chi connectivity index (χ0) is 8.55. The van der Waals surface area contributed by atoms with E-state index >= 15 is 0 Å². The van der Waals surface area contributed by atoms with Crippen molar-refractivity contribution in [1.82, 2.24) is 19.7 Å². The third-order valence-electron chi connectivity index (χ3n) is 1.56. The molecule has 0 unspecified atom stereocenters. The van der Waals surface area contributed by atoms with Crippen LogP contribution in [-0.2, 0) is 7.05 Å². The highest BCUT2D eigenvalue weighted by Crippen LogP contribution is 2.17. The van der Waals surface area contributed by atoms with Crippen LogP contribution in [0.1, 0.15) is 5.01 Å². The summed E-state index contributed by atoms with van der Waals surface area (Å²) in [6, 6.07) is 0. The van der Waals surface area contributed by atoms with Crippen LogP contribution in [0.15, 0.2) is 11.7 Å². The van der Waals surface area contributed by atoms with Gasteiger partial charge in [0.2, 0.25) is 0 Å². The Bertz CT molecular complexity index is 390. The second-order valence-corrected chi connectivity index (χ2v) is 3.58. The Morgan fingerprint density at radius 3 is 2.83 bits per heavy atom. The van der Waals surface area contributed by atoms with E-state index < -0.39 is 0 Å². The highest BCUT2D eigenvalue weighted by atomic mass is 32.1. The Hall–Kier alpha value is -1.23. The van der Waals surface area contributed by atoms with Crippen LogP contribution in [0.2, 0.25) is 0 Å². The summed E-state index contributed by atoms with van der Waals surface area (Å²) in [6.45, 7) is 1.98. The van der Waals surface area contributed by atoms with Crippen molar-refractivity contribution in [3.05, 3.63) is 16.7 Å². The van der Waals surface area contributed by atoms with Crippen LogP contribution in [-0.4, -0.2) is 19.7 Å². The normalized spacial score (nSPS) is 10.5. The van der Waals surface area contributed by atoms with Crippen molar-refractivity contribution in [2.24, 2.45) is 7.05 Å². The lowest BCUT2D eigenvalue weighted by Crippen LogP contribution is -1.90. The summed E-state index contributed by atoms with van der Waals surface area (Å²) in [7, 11) is 1.91. The van der Waals surface area contributed by atoms with Gasteiger partial charge in [-0.25, -0.2) is 4.98 Å². The Labute approximate surface area is 73.9 Å². The van der Waals surface area contributed by atoms with Crippen LogP contribution < -0.4 is 0 Å². The maximum absolute atomic E-state index is 4.31. The molecule has 12 heavy (non-hydrogen) atoms. The van der Waals surface area contributed by atoms with Gasteiger partial charge in [0.05, 0.1) is 5.01 Å². The number of aromatic nitrogens is 4. The first-order valence-corrected chi connectivity index (χ1v) is 4.42. The van der Waals surface area contributed by atoms with Gasteiger partial charge in [-0.15, -0.1) is 21.5 Å². The van der Waals surface area contributed by atoms with Crippen LogP contribution >= 0.6 is 11.3 Å². The van der Waals surface area contributed by atoms with Crippen molar-refractivity contribution in [3.8, 4) is 11.5 Å². The average Bonchev–Trinajstić information content (AvgIpc) is 2.58. The van der Waals surface area contributed by atoms with Crippen molar-refractivity contribution in [3.63, 3.8) is 0 Å². The predicted octanol–water partition coefficient (Wildman–Crippen LogP) is 1.25. The Balaban J connectivity index is 2.50. The number of rotatable bonds is 1. The van der Waals surface area contributed by atoms with E-state index in [0.29, 0.717) is 0 Å². The van der Waals surface area contributed by atoms with E-state index in [4.69, 9.17) is 0 Å². The SMILES string of the molecule is Cc1nc(-c2nncn2C)cs1. The van der Waals surface area contributed by atoms with E-state index in [2.05, 4.69) is 15.2 Å². The summed E-state index contributed by atoms with van der Waals surface area (Å²) in [6.07, 6.45) is 1.67. The molecule has 0 saturated heterocycles. The molecule has 0 saturated carbocycles. The number of nitrogens with zero attached hydrogens (tertiary/aromatic N) is 4. The van der Waals surface area contributed by atoms with Gasteiger partial charge >= 0.3 is 0 Å². The fourth-order valence-electron chi connectivity index (χ4n) is 0.981. The molecule has 0 bridgehead atoms. The van der Waals surface area contributed by atoms with Gasteiger partial charge in [-0.3, -0.25) is 0 Å². The van der Waals surface area contributed by atoms with Gasteiger partial charge in [0.1, 0.15) is 12.0 Å². The van der Waals surface area contributed by atoms with Gasteiger partial charge in [0, 0.05) is 12.4 Å². The third kappa shape index (κ3) is 1.12. The molecule has 0 spiro atoms. The molecule has 2 aromatic heterocycles. The van der Waals surface area contributed by atoms with Gasteiger partial charge < -0.3 is 4.57 Å². The molecule has 0 amide bonds. The molecule has 0 N–H and O–H groups in total. The number of aryl methyl sites for hydroxylation is 2. The molecule has 0 radical (unpaired) electrons. The summed E-state index contributed by atoms with van der Waals surface area (Å²) < 4.78 is 1.86. The highest BCUT2D eigenvalue weighted by Gasteiger charge is 2.06.